The molecule has 0 aliphatic heterocycles. The fraction of sp³-hybridized carbons (Fsp3) is 0.111. The molecule has 162 valence electrons. The fourth-order valence-corrected chi connectivity index (χ4v) is 4.56. The largest absolute Gasteiger partial charge is 0.322 e. The molecule has 0 spiro atoms. The van der Waals surface area contributed by atoms with E-state index in [1.54, 1.807) is 23.5 Å². The molecule has 1 amide bonds. The average Bonchev–Trinajstić information content (AvgIpc) is 3.30. The van der Waals surface area contributed by atoms with Crippen LogP contribution >= 0.6 is 11.3 Å². The highest BCUT2D eigenvalue weighted by atomic mass is 32.1. The third-order valence-electron chi connectivity index (χ3n) is 5.66. The van der Waals surface area contributed by atoms with Gasteiger partial charge in [0.15, 0.2) is 0 Å². The quantitative estimate of drug-likeness (QED) is 0.335. The highest BCUT2D eigenvalue weighted by Gasteiger charge is 2.11. The summed E-state index contributed by atoms with van der Waals surface area (Å²) >= 11 is 1.63. The summed E-state index contributed by atoms with van der Waals surface area (Å²) in [4.78, 5) is 26.7. The van der Waals surface area contributed by atoms with Crippen LogP contribution in [0.3, 0.4) is 0 Å². The molecule has 0 saturated heterocycles. The van der Waals surface area contributed by atoms with Gasteiger partial charge in [0, 0.05) is 27.8 Å². The number of thiazole rings is 1. The van der Waals surface area contributed by atoms with Gasteiger partial charge in [0.1, 0.15) is 5.01 Å². The second-order valence-corrected chi connectivity index (χ2v) is 8.84. The Morgan fingerprint density at radius 1 is 0.818 bits per heavy atom. The Labute approximate surface area is 196 Å². The molecule has 3 aromatic carbocycles. The molecule has 0 bridgehead atoms. The number of nitrogens with zero attached hydrogens (tertiary/aromatic N) is 3. The Hall–Kier alpha value is -3.90. The van der Waals surface area contributed by atoms with Crippen LogP contribution in [0.25, 0.3) is 32.9 Å². The molecule has 1 N–H and O–H groups in total. The van der Waals surface area contributed by atoms with Crippen molar-refractivity contribution in [1.29, 1.82) is 0 Å². The molecule has 0 aliphatic rings. The second-order valence-electron chi connectivity index (χ2n) is 7.98. The number of carbonyl (C=O) groups is 1. The molecule has 0 aliphatic carbocycles. The molecule has 33 heavy (non-hydrogen) atoms. The summed E-state index contributed by atoms with van der Waals surface area (Å²) in [7, 11) is 0. The van der Waals surface area contributed by atoms with Crippen LogP contribution in [-0.2, 0) is 0 Å². The first-order valence-electron chi connectivity index (χ1n) is 10.7. The first kappa shape index (κ1) is 21.0. The zero-order valence-electron chi connectivity index (χ0n) is 18.6. The minimum Gasteiger partial charge on any atom is -0.322 e. The number of hydrogen-bond donors (Lipinski definition) is 1. The molecular formula is C27H22N4OS. The number of hydrogen-bond acceptors (Lipinski definition) is 5. The molecule has 0 fully saturated rings. The molecular weight excluding hydrogens is 428 g/mol. The molecule has 5 nitrogen and oxygen atoms in total. The minimum absolute atomic E-state index is 0.180. The van der Waals surface area contributed by atoms with Crippen molar-refractivity contribution in [1.82, 2.24) is 15.0 Å². The SMILES string of the molecule is Cc1ccccc1-c1nc(-c2ccc(NC(=O)c3ccc4nc(C)c(C)nc4c3)cc2)cs1. The van der Waals surface area contributed by atoms with E-state index in [-0.39, 0.29) is 5.91 Å². The second kappa shape index (κ2) is 8.56. The smallest absolute Gasteiger partial charge is 0.255 e. The molecule has 6 heteroatoms. The lowest BCUT2D eigenvalue weighted by molar-refractivity contribution is 0.102. The van der Waals surface area contributed by atoms with Gasteiger partial charge < -0.3 is 5.32 Å². The number of rotatable bonds is 4. The lowest BCUT2D eigenvalue weighted by Crippen LogP contribution is -2.12. The zero-order valence-corrected chi connectivity index (χ0v) is 19.4. The van der Waals surface area contributed by atoms with E-state index in [2.05, 4.69) is 39.7 Å². The van der Waals surface area contributed by atoms with E-state index in [1.165, 1.54) is 5.56 Å². The van der Waals surface area contributed by atoms with Crippen molar-refractivity contribution < 1.29 is 4.79 Å². The van der Waals surface area contributed by atoms with Gasteiger partial charge in [-0.15, -0.1) is 11.3 Å². The predicted molar refractivity (Wildman–Crippen MR) is 135 cm³/mol. The Kier molecular flexibility index (Phi) is 5.44. The number of aryl methyl sites for hydroxylation is 3. The van der Waals surface area contributed by atoms with Crippen LogP contribution in [-0.4, -0.2) is 20.9 Å². The van der Waals surface area contributed by atoms with E-state index in [9.17, 15) is 4.79 Å². The summed E-state index contributed by atoms with van der Waals surface area (Å²) in [6.45, 7) is 5.95. The molecule has 0 atom stereocenters. The summed E-state index contributed by atoms with van der Waals surface area (Å²) in [5.41, 5.74) is 8.83. The number of anilines is 1. The highest BCUT2D eigenvalue weighted by Crippen LogP contribution is 2.31. The molecule has 2 aromatic heterocycles. The maximum atomic E-state index is 12.8. The molecule has 5 aromatic rings. The summed E-state index contributed by atoms with van der Waals surface area (Å²) in [5.74, 6) is -0.180. The average molecular weight is 451 g/mol. The number of benzene rings is 3. The van der Waals surface area contributed by atoms with E-state index in [0.717, 1.165) is 44.4 Å². The standard InChI is InChI=1S/C27H22N4OS/c1-16-6-4-5-7-22(16)27-31-25(15-33-27)19-8-11-21(12-9-19)30-26(32)20-10-13-23-24(14-20)29-18(3)17(2)28-23/h4-15H,1-3H3,(H,30,32). The zero-order chi connectivity index (χ0) is 22.9. The molecule has 5 rings (SSSR count). The van der Waals surface area contributed by atoms with Crippen LogP contribution in [0.1, 0.15) is 27.3 Å². The third kappa shape index (κ3) is 4.25. The Morgan fingerprint density at radius 2 is 1.55 bits per heavy atom. The topological polar surface area (TPSA) is 67.8 Å². The van der Waals surface area contributed by atoms with Gasteiger partial charge in [-0.3, -0.25) is 4.79 Å². The van der Waals surface area contributed by atoms with Crippen molar-refractivity contribution in [2.75, 3.05) is 5.32 Å². The molecule has 0 saturated carbocycles. The van der Waals surface area contributed by atoms with E-state index in [0.29, 0.717) is 11.1 Å². The summed E-state index contributed by atoms with van der Waals surface area (Å²) in [6, 6.07) is 21.4. The van der Waals surface area contributed by atoms with Gasteiger partial charge in [0.25, 0.3) is 5.91 Å². The van der Waals surface area contributed by atoms with Gasteiger partial charge >= 0.3 is 0 Å². The number of nitrogens with one attached hydrogen (secondary N) is 1. The summed E-state index contributed by atoms with van der Waals surface area (Å²) in [5, 5.41) is 6.03. The lowest BCUT2D eigenvalue weighted by atomic mass is 10.1. The van der Waals surface area contributed by atoms with Crippen LogP contribution in [0, 0.1) is 20.8 Å². The number of fused-ring (bicyclic) bond motifs is 1. The van der Waals surface area contributed by atoms with Crippen molar-refractivity contribution in [2.24, 2.45) is 0 Å². The summed E-state index contributed by atoms with van der Waals surface area (Å²) in [6.07, 6.45) is 0. The van der Waals surface area contributed by atoms with Crippen LogP contribution in [0.4, 0.5) is 5.69 Å². The third-order valence-corrected chi connectivity index (χ3v) is 6.53. The molecule has 2 heterocycles. The van der Waals surface area contributed by atoms with Crippen LogP contribution < -0.4 is 5.32 Å². The number of carbonyl (C=O) groups excluding carboxylic acids is 1. The van der Waals surface area contributed by atoms with E-state index in [4.69, 9.17) is 4.98 Å². The first-order chi connectivity index (χ1) is 16.0. The van der Waals surface area contributed by atoms with Crippen molar-refractivity contribution >= 4 is 34.0 Å². The van der Waals surface area contributed by atoms with Gasteiger partial charge in [-0.25, -0.2) is 15.0 Å². The van der Waals surface area contributed by atoms with Crippen LogP contribution in [0.15, 0.2) is 72.1 Å². The minimum atomic E-state index is -0.180. The monoisotopic (exact) mass is 450 g/mol. The maximum Gasteiger partial charge on any atom is 0.255 e. The van der Waals surface area contributed by atoms with Crippen molar-refractivity contribution in [3.8, 4) is 21.8 Å². The van der Waals surface area contributed by atoms with Gasteiger partial charge in [0.05, 0.1) is 28.1 Å². The van der Waals surface area contributed by atoms with E-state index < -0.39 is 0 Å². The van der Waals surface area contributed by atoms with E-state index >= 15 is 0 Å². The lowest BCUT2D eigenvalue weighted by Gasteiger charge is -2.08. The van der Waals surface area contributed by atoms with Gasteiger partial charge in [0.2, 0.25) is 0 Å². The fourth-order valence-electron chi connectivity index (χ4n) is 3.64. The number of aromatic nitrogens is 3. The highest BCUT2D eigenvalue weighted by molar-refractivity contribution is 7.13. The van der Waals surface area contributed by atoms with E-state index in [1.807, 2.05) is 56.3 Å². The molecule has 0 radical (unpaired) electrons. The van der Waals surface area contributed by atoms with Crippen molar-refractivity contribution in [3.05, 3.63) is 94.6 Å². The maximum absolute atomic E-state index is 12.8. The Balaban J connectivity index is 1.33. The summed E-state index contributed by atoms with van der Waals surface area (Å²) < 4.78 is 0. The number of amides is 1. The van der Waals surface area contributed by atoms with Crippen molar-refractivity contribution in [2.45, 2.75) is 20.8 Å². The first-order valence-corrected chi connectivity index (χ1v) is 11.5. The van der Waals surface area contributed by atoms with Gasteiger partial charge in [-0.2, -0.15) is 0 Å². The Bertz CT molecular complexity index is 1490. The predicted octanol–water partition coefficient (Wildman–Crippen LogP) is 6.60. The van der Waals surface area contributed by atoms with Crippen molar-refractivity contribution in [3.63, 3.8) is 0 Å². The Morgan fingerprint density at radius 3 is 2.30 bits per heavy atom. The van der Waals surface area contributed by atoms with Gasteiger partial charge in [-0.1, -0.05) is 36.4 Å². The van der Waals surface area contributed by atoms with Gasteiger partial charge in [-0.05, 0) is 56.7 Å². The van der Waals surface area contributed by atoms with Crippen LogP contribution in [0.2, 0.25) is 0 Å². The molecule has 0 unspecified atom stereocenters. The normalized spacial score (nSPS) is 11.0. The van der Waals surface area contributed by atoms with Crippen LogP contribution in [0.5, 0.6) is 0 Å².